The number of carboxylic acids is 1. The average Bonchev–Trinajstić information content (AvgIpc) is 3.30. The molecule has 8 nitrogen and oxygen atoms in total. The fourth-order valence-corrected chi connectivity index (χ4v) is 5.96. The molecular weight excluding hydrogens is 482 g/mol. The number of rotatable bonds is 12. The van der Waals surface area contributed by atoms with Crippen LogP contribution in [0.2, 0.25) is 0 Å². The molecule has 2 aromatic carbocycles. The first-order valence-corrected chi connectivity index (χ1v) is 13.4. The lowest BCUT2D eigenvalue weighted by atomic mass is 9.65. The fourth-order valence-electron chi connectivity index (χ4n) is 5.96. The third-order valence-electron chi connectivity index (χ3n) is 7.66. The van der Waals surface area contributed by atoms with Crippen LogP contribution >= 0.6 is 0 Å². The number of aromatic carboxylic acids is 1. The molecule has 1 aliphatic rings. The molecule has 3 aromatic rings. The molecular formula is C30H39N3O5. The molecule has 1 aromatic heterocycles. The monoisotopic (exact) mass is 521 g/mol. The van der Waals surface area contributed by atoms with Gasteiger partial charge in [-0.1, -0.05) is 32.0 Å². The summed E-state index contributed by atoms with van der Waals surface area (Å²) in [5, 5.41) is 9.47. The standard InChI is InChI=1S/C30H39N3O5/c1-20(2)28-23-12-11-22(29(35)36)18-21(23)13-14-30(28,38-27(34)19-37-4)15-17-33(3)16-7-10-26-31-24-8-5-6-9-25(24)32-26/h5-6,8-9,11-12,18,20,28H,7,10,13-17,19H2,1-4H3,(H,31,32)(H,35,36). The molecule has 0 fully saturated rings. The SMILES string of the molecule is COCC(=O)OC1(CCN(C)CCCc2nc3ccccc3[nH]2)CCc2cc(C(=O)O)ccc2C1C(C)C. The van der Waals surface area contributed by atoms with Gasteiger partial charge in [0.2, 0.25) is 0 Å². The summed E-state index contributed by atoms with van der Waals surface area (Å²) in [6, 6.07) is 13.4. The van der Waals surface area contributed by atoms with Crippen molar-refractivity contribution in [3.63, 3.8) is 0 Å². The maximum atomic E-state index is 12.7. The van der Waals surface area contributed by atoms with Crippen LogP contribution in [0.5, 0.6) is 0 Å². The lowest BCUT2D eigenvalue weighted by Crippen LogP contribution is -2.49. The summed E-state index contributed by atoms with van der Waals surface area (Å²) in [5.41, 5.74) is 3.76. The molecule has 0 radical (unpaired) electrons. The number of fused-ring (bicyclic) bond motifs is 2. The number of carbonyl (C=O) groups is 2. The zero-order valence-corrected chi connectivity index (χ0v) is 22.8. The Labute approximate surface area is 224 Å². The number of aromatic nitrogens is 2. The molecule has 204 valence electrons. The largest absolute Gasteiger partial charge is 0.478 e. The summed E-state index contributed by atoms with van der Waals surface area (Å²) in [5.74, 6) is -0.149. The lowest BCUT2D eigenvalue weighted by Gasteiger charge is -2.47. The molecule has 0 aliphatic heterocycles. The van der Waals surface area contributed by atoms with Crippen molar-refractivity contribution < 1.29 is 24.2 Å². The van der Waals surface area contributed by atoms with Crippen LogP contribution in [0.1, 0.15) is 66.3 Å². The number of aryl methyl sites for hydroxylation is 2. The van der Waals surface area contributed by atoms with Gasteiger partial charge in [0.05, 0.1) is 16.6 Å². The molecule has 1 aliphatic carbocycles. The van der Waals surface area contributed by atoms with E-state index in [9.17, 15) is 14.7 Å². The summed E-state index contributed by atoms with van der Waals surface area (Å²) in [6.45, 7) is 5.85. The minimum Gasteiger partial charge on any atom is -0.478 e. The Hall–Kier alpha value is -3.23. The first-order chi connectivity index (χ1) is 18.2. The molecule has 38 heavy (non-hydrogen) atoms. The van der Waals surface area contributed by atoms with Gasteiger partial charge in [0, 0.05) is 32.4 Å². The molecule has 0 spiro atoms. The number of imidazole rings is 1. The molecule has 4 rings (SSSR count). The van der Waals surface area contributed by atoms with Crippen LogP contribution in [0.4, 0.5) is 0 Å². The number of carboxylic acid groups (broad SMARTS) is 1. The van der Waals surface area contributed by atoms with Gasteiger partial charge in [-0.15, -0.1) is 0 Å². The van der Waals surface area contributed by atoms with Gasteiger partial charge >= 0.3 is 11.9 Å². The van der Waals surface area contributed by atoms with E-state index in [0.29, 0.717) is 24.8 Å². The van der Waals surface area contributed by atoms with E-state index in [-0.39, 0.29) is 24.4 Å². The number of methoxy groups -OCH3 is 1. The number of benzene rings is 2. The Bertz CT molecular complexity index is 1240. The molecule has 0 saturated carbocycles. The Morgan fingerprint density at radius 2 is 2.00 bits per heavy atom. The van der Waals surface area contributed by atoms with Crippen molar-refractivity contribution in [2.24, 2.45) is 5.92 Å². The number of para-hydroxylation sites is 2. The van der Waals surface area contributed by atoms with Crippen LogP contribution < -0.4 is 0 Å². The first kappa shape index (κ1) is 27.8. The zero-order valence-electron chi connectivity index (χ0n) is 22.8. The maximum Gasteiger partial charge on any atom is 0.335 e. The third kappa shape index (κ3) is 6.25. The molecule has 2 unspecified atom stereocenters. The Morgan fingerprint density at radius 3 is 2.71 bits per heavy atom. The number of hydrogen-bond donors (Lipinski definition) is 2. The number of H-pyrrole nitrogens is 1. The molecule has 2 atom stereocenters. The highest BCUT2D eigenvalue weighted by molar-refractivity contribution is 5.88. The highest BCUT2D eigenvalue weighted by Crippen LogP contribution is 2.48. The molecule has 1 heterocycles. The van der Waals surface area contributed by atoms with E-state index in [1.807, 2.05) is 30.3 Å². The van der Waals surface area contributed by atoms with E-state index >= 15 is 0 Å². The number of ether oxygens (including phenoxy) is 2. The summed E-state index contributed by atoms with van der Waals surface area (Å²) in [6.07, 6.45) is 3.82. The lowest BCUT2D eigenvalue weighted by molar-refractivity contribution is -0.172. The number of nitrogens with zero attached hydrogens (tertiary/aromatic N) is 2. The second-order valence-corrected chi connectivity index (χ2v) is 10.8. The highest BCUT2D eigenvalue weighted by atomic mass is 16.6. The molecule has 0 saturated heterocycles. The van der Waals surface area contributed by atoms with Gasteiger partial charge in [-0.3, -0.25) is 0 Å². The minimum atomic E-state index is -0.929. The Balaban J connectivity index is 1.47. The second-order valence-electron chi connectivity index (χ2n) is 10.8. The van der Waals surface area contributed by atoms with Crippen molar-refractivity contribution in [2.45, 2.75) is 57.5 Å². The van der Waals surface area contributed by atoms with E-state index in [1.165, 1.54) is 7.11 Å². The molecule has 2 N–H and O–H groups in total. The third-order valence-corrected chi connectivity index (χ3v) is 7.66. The number of nitrogens with one attached hydrogen (secondary N) is 1. The quantitative estimate of drug-likeness (QED) is 0.329. The van der Waals surface area contributed by atoms with E-state index in [0.717, 1.165) is 53.9 Å². The van der Waals surface area contributed by atoms with E-state index in [1.54, 1.807) is 12.1 Å². The number of carbonyl (C=O) groups excluding carboxylic acids is 1. The zero-order chi connectivity index (χ0) is 27.3. The predicted molar refractivity (Wildman–Crippen MR) is 147 cm³/mol. The normalized spacial score (nSPS) is 19.2. The summed E-state index contributed by atoms with van der Waals surface area (Å²) >= 11 is 0. The van der Waals surface area contributed by atoms with Crippen LogP contribution in [-0.2, 0) is 27.1 Å². The number of aromatic amines is 1. The van der Waals surface area contributed by atoms with E-state index < -0.39 is 11.6 Å². The van der Waals surface area contributed by atoms with Crippen LogP contribution in [0.15, 0.2) is 42.5 Å². The minimum absolute atomic E-state index is 0.0427. The van der Waals surface area contributed by atoms with E-state index in [4.69, 9.17) is 9.47 Å². The van der Waals surface area contributed by atoms with Gasteiger partial charge < -0.3 is 24.5 Å². The van der Waals surface area contributed by atoms with Crippen LogP contribution in [-0.4, -0.2) is 71.4 Å². The average molecular weight is 522 g/mol. The predicted octanol–water partition coefficient (Wildman–Crippen LogP) is 4.83. The highest BCUT2D eigenvalue weighted by Gasteiger charge is 2.47. The van der Waals surface area contributed by atoms with Crippen LogP contribution in [0, 0.1) is 5.92 Å². The van der Waals surface area contributed by atoms with Crippen molar-refractivity contribution in [2.75, 3.05) is 33.9 Å². The summed E-state index contributed by atoms with van der Waals surface area (Å²) in [4.78, 5) is 34.7. The van der Waals surface area contributed by atoms with Crippen LogP contribution in [0.25, 0.3) is 11.0 Å². The Morgan fingerprint density at radius 1 is 1.21 bits per heavy atom. The maximum absolute atomic E-state index is 12.7. The smallest absolute Gasteiger partial charge is 0.335 e. The topological polar surface area (TPSA) is 105 Å². The van der Waals surface area contributed by atoms with Crippen molar-refractivity contribution in [1.29, 1.82) is 0 Å². The van der Waals surface area contributed by atoms with Gasteiger partial charge in [-0.05, 0) is 74.2 Å². The Kier molecular flexibility index (Phi) is 8.84. The van der Waals surface area contributed by atoms with E-state index in [2.05, 4.69) is 35.8 Å². The van der Waals surface area contributed by atoms with Gasteiger partial charge in [-0.2, -0.15) is 0 Å². The van der Waals surface area contributed by atoms with Gasteiger partial charge in [0.1, 0.15) is 18.0 Å². The van der Waals surface area contributed by atoms with Crippen molar-refractivity contribution in [3.8, 4) is 0 Å². The number of hydrogen-bond acceptors (Lipinski definition) is 6. The van der Waals surface area contributed by atoms with Crippen molar-refractivity contribution >= 4 is 23.0 Å². The summed E-state index contributed by atoms with van der Waals surface area (Å²) < 4.78 is 11.3. The molecule has 8 heteroatoms. The first-order valence-electron chi connectivity index (χ1n) is 13.4. The van der Waals surface area contributed by atoms with Gasteiger partial charge in [0.25, 0.3) is 0 Å². The number of esters is 1. The van der Waals surface area contributed by atoms with Crippen LogP contribution in [0.3, 0.4) is 0 Å². The molecule has 0 bridgehead atoms. The fraction of sp³-hybridized carbons (Fsp3) is 0.500. The van der Waals surface area contributed by atoms with Gasteiger partial charge in [-0.25, -0.2) is 14.6 Å². The van der Waals surface area contributed by atoms with Crippen molar-refractivity contribution in [1.82, 2.24) is 14.9 Å². The molecule has 0 amide bonds. The second kappa shape index (κ2) is 12.1. The van der Waals surface area contributed by atoms with Gasteiger partial charge in [0.15, 0.2) is 0 Å². The summed E-state index contributed by atoms with van der Waals surface area (Å²) in [7, 11) is 3.59. The van der Waals surface area contributed by atoms with Crippen molar-refractivity contribution in [3.05, 3.63) is 65.0 Å².